The van der Waals surface area contributed by atoms with E-state index in [1.807, 2.05) is 77.1 Å². The number of amides is 4. The number of urea groups is 1. The first kappa shape index (κ1) is 28.1. The van der Waals surface area contributed by atoms with Crippen LogP contribution in [0.25, 0.3) is 0 Å². The van der Waals surface area contributed by atoms with Crippen LogP contribution >= 0.6 is 0 Å². The molecule has 0 unspecified atom stereocenters. The van der Waals surface area contributed by atoms with Gasteiger partial charge in [0.25, 0.3) is 5.91 Å². The minimum atomic E-state index is -1.16. The van der Waals surface area contributed by atoms with Crippen LogP contribution < -0.4 is 15.5 Å². The Morgan fingerprint density at radius 1 is 1.10 bits per heavy atom. The summed E-state index contributed by atoms with van der Waals surface area (Å²) >= 11 is 0. The van der Waals surface area contributed by atoms with Gasteiger partial charge in [0.1, 0.15) is 5.60 Å². The standard InChI is InChI=1S/C30H39N5O4/c1-6-17-34-23-15-8-7-14-22(23)25(24-16-9-10-18-35(24)29(38)39-30(3,4)5)32-26(27(34)36)33-28(37)31-21-13-11-12-20(2)19-21/h7-8,11-15,19,24,26H,6,9-10,16-18H2,1-5H3,(H2,31,33,37)/t24-,26-/m0/s1. The number of aryl methyl sites for hydroxylation is 1. The molecule has 2 N–H and O–H groups in total. The van der Waals surface area contributed by atoms with Gasteiger partial charge in [0.05, 0.1) is 17.4 Å². The number of para-hydroxylation sites is 1. The zero-order valence-corrected chi connectivity index (χ0v) is 23.5. The number of nitrogens with one attached hydrogen (secondary N) is 2. The molecular weight excluding hydrogens is 494 g/mol. The van der Waals surface area contributed by atoms with Gasteiger partial charge in [-0.05, 0) is 77.1 Å². The Morgan fingerprint density at radius 3 is 2.59 bits per heavy atom. The summed E-state index contributed by atoms with van der Waals surface area (Å²) in [4.78, 5) is 48.5. The maximum atomic E-state index is 13.8. The van der Waals surface area contributed by atoms with Crippen molar-refractivity contribution in [2.45, 2.75) is 78.1 Å². The van der Waals surface area contributed by atoms with Crippen molar-refractivity contribution in [1.29, 1.82) is 0 Å². The molecule has 2 aromatic rings. The van der Waals surface area contributed by atoms with Crippen molar-refractivity contribution < 1.29 is 19.1 Å². The molecule has 0 aliphatic carbocycles. The van der Waals surface area contributed by atoms with Crippen LogP contribution in [0.3, 0.4) is 0 Å². The summed E-state index contributed by atoms with van der Waals surface area (Å²) in [6, 6.07) is 14.1. The molecule has 2 aliphatic heterocycles. The summed E-state index contributed by atoms with van der Waals surface area (Å²) in [7, 11) is 0. The lowest BCUT2D eigenvalue weighted by Gasteiger charge is -2.37. The number of hydrogen-bond acceptors (Lipinski definition) is 5. The fourth-order valence-corrected chi connectivity index (χ4v) is 5.04. The topological polar surface area (TPSA) is 103 Å². The average molecular weight is 534 g/mol. The first-order chi connectivity index (χ1) is 18.6. The molecule has 0 spiro atoms. The minimum Gasteiger partial charge on any atom is -0.444 e. The zero-order valence-electron chi connectivity index (χ0n) is 23.5. The molecule has 9 nitrogen and oxygen atoms in total. The Balaban J connectivity index is 1.73. The third-order valence-electron chi connectivity index (χ3n) is 6.68. The van der Waals surface area contributed by atoms with Gasteiger partial charge in [-0.25, -0.2) is 9.59 Å². The van der Waals surface area contributed by atoms with E-state index in [0.29, 0.717) is 30.9 Å². The molecule has 2 aliphatic rings. The van der Waals surface area contributed by atoms with Crippen molar-refractivity contribution in [3.8, 4) is 0 Å². The summed E-state index contributed by atoms with van der Waals surface area (Å²) < 4.78 is 5.74. The third kappa shape index (κ3) is 6.77. The van der Waals surface area contributed by atoms with Crippen LogP contribution in [0.15, 0.2) is 53.5 Å². The van der Waals surface area contributed by atoms with Gasteiger partial charge < -0.3 is 20.3 Å². The molecule has 1 fully saturated rings. The third-order valence-corrected chi connectivity index (χ3v) is 6.68. The zero-order chi connectivity index (χ0) is 28.2. The van der Waals surface area contributed by atoms with Crippen molar-refractivity contribution in [3.63, 3.8) is 0 Å². The highest BCUT2D eigenvalue weighted by molar-refractivity contribution is 6.16. The maximum absolute atomic E-state index is 13.8. The van der Waals surface area contributed by atoms with Crippen LogP contribution in [0.4, 0.5) is 21.0 Å². The van der Waals surface area contributed by atoms with Gasteiger partial charge in [0.2, 0.25) is 6.17 Å². The lowest BCUT2D eigenvalue weighted by atomic mass is 9.92. The molecule has 0 radical (unpaired) electrons. The van der Waals surface area contributed by atoms with Crippen molar-refractivity contribution >= 4 is 35.1 Å². The van der Waals surface area contributed by atoms with Gasteiger partial charge in [-0.15, -0.1) is 0 Å². The van der Waals surface area contributed by atoms with Crippen LogP contribution in [0.1, 0.15) is 64.5 Å². The Morgan fingerprint density at radius 2 is 1.87 bits per heavy atom. The van der Waals surface area contributed by atoms with E-state index < -0.39 is 29.9 Å². The van der Waals surface area contributed by atoms with Crippen molar-refractivity contribution in [2.75, 3.05) is 23.3 Å². The molecule has 2 heterocycles. The number of piperidine rings is 1. The van der Waals surface area contributed by atoms with E-state index in [9.17, 15) is 14.4 Å². The monoisotopic (exact) mass is 533 g/mol. The number of rotatable bonds is 5. The van der Waals surface area contributed by atoms with Crippen LogP contribution in [0, 0.1) is 6.92 Å². The highest BCUT2D eigenvalue weighted by Gasteiger charge is 2.39. The number of aliphatic imine (C=N–C) groups is 1. The number of anilines is 2. The van der Waals surface area contributed by atoms with E-state index in [1.54, 1.807) is 15.9 Å². The second-order valence-corrected chi connectivity index (χ2v) is 11.1. The van der Waals surface area contributed by atoms with Gasteiger partial charge in [0, 0.05) is 24.3 Å². The van der Waals surface area contributed by atoms with Crippen molar-refractivity contribution in [1.82, 2.24) is 10.2 Å². The van der Waals surface area contributed by atoms with E-state index in [2.05, 4.69) is 10.6 Å². The highest BCUT2D eigenvalue weighted by Crippen LogP contribution is 2.31. The van der Waals surface area contributed by atoms with E-state index in [-0.39, 0.29) is 5.91 Å². The van der Waals surface area contributed by atoms with Gasteiger partial charge >= 0.3 is 12.1 Å². The number of ether oxygens (including phenoxy) is 1. The quantitative estimate of drug-likeness (QED) is 0.531. The number of carbonyl (C=O) groups is 3. The fourth-order valence-electron chi connectivity index (χ4n) is 5.04. The van der Waals surface area contributed by atoms with Gasteiger partial charge in [-0.1, -0.05) is 37.3 Å². The lowest BCUT2D eigenvalue weighted by molar-refractivity contribution is -0.120. The molecule has 208 valence electrons. The van der Waals surface area contributed by atoms with Crippen molar-refractivity contribution in [2.24, 2.45) is 4.99 Å². The van der Waals surface area contributed by atoms with Gasteiger partial charge in [0.15, 0.2) is 0 Å². The summed E-state index contributed by atoms with van der Waals surface area (Å²) in [6.07, 6.45) is 1.60. The Labute approximate surface area is 230 Å². The SMILES string of the molecule is CCCN1C(=O)[C@H](NC(=O)Nc2cccc(C)c2)N=C([C@@H]2CCCCN2C(=O)OC(C)(C)C)c2ccccc21. The lowest BCUT2D eigenvalue weighted by Crippen LogP contribution is -2.51. The molecule has 1 saturated heterocycles. The second kappa shape index (κ2) is 11.9. The number of carbonyl (C=O) groups excluding carboxylic acids is 3. The van der Waals surface area contributed by atoms with Crippen LogP contribution in [0.2, 0.25) is 0 Å². The number of likely N-dealkylation sites (tertiary alicyclic amines) is 1. The predicted octanol–water partition coefficient (Wildman–Crippen LogP) is 5.48. The number of benzene rings is 2. The first-order valence-electron chi connectivity index (χ1n) is 13.7. The molecule has 39 heavy (non-hydrogen) atoms. The summed E-state index contributed by atoms with van der Waals surface area (Å²) in [5.41, 5.74) is 3.08. The number of fused-ring (bicyclic) bond motifs is 1. The summed E-state index contributed by atoms with van der Waals surface area (Å²) in [5, 5.41) is 5.60. The van der Waals surface area contributed by atoms with Crippen LogP contribution in [-0.4, -0.2) is 59.5 Å². The maximum Gasteiger partial charge on any atom is 0.410 e. The van der Waals surface area contributed by atoms with E-state index in [4.69, 9.17) is 9.73 Å². The molecule has 0 aromatic heterocycles. The molecular formula is C30H39N5O4. The van der Waals surface area contributed by atoms with Gasteiger partial charge in [-0.2, -0.15) is 0 Å². The Hall–Kier alpha value is -3.88. The highest BCUT2D eigenvalue weighted by atomic mass is 16.6. The summed E-state index contributed by atoms with van der Waals surface area (Å²) in [5.74, 6) is -0.321. The normalized spacial score (nSPS) is 19.5. The Bertz CT molecular complexity index is 1250. The fraction of sp³-hybridized carbons (Fsp3) is 0.467. The van der Waals surface area contributed by atoms with E-state index >= 15 is 0 Å². The first-order valence-corrected chi connectivity index (χ1v) is 13.7. The van der Waals surface area contributed by atoms with E-state index in [1.165, 1.54) is 0 Å². The summed E-state index contributed by atoms with van der Waals surface area (Å²) in [6.45, 7) is 10.5. The Kier molecular flexibility index (Phi) is 8.57. The molecule has 2 aromatic carbocycles. The smallest absolute Gasteiger partial charge is 0.410 e. The molecule has 0 bridgehead atoms. The van der Waals surface area contributed by atoms with Gasteiger partial charge in [-0.3, -0.25) is 14.7 Å². The second-order valence-electron chi connectivity index (χ2n) is 11.1. The van der Waals surface area contributed by atoms with Crippen LogP contribution in [0.5, 0.6) is 0 Å². The van der Waals surface area contributed by atoms with Crippen LogP contribution in [-0.2, 0) is 9.53 Å². The molecule has 2 atom stereocenters. The minimum absolute atomic E-state index is 0.321. The largest absolute Gasteiger partial charge is 0.444 e. The molecule has 4 amide bonds. The molecule has 4 rings (SSSR count). The molecule has 0 saturated carbocycles. The average Bonchev–Trinajstić information content (AvgIpc) is 2.98. The number of benzodiazepines with no additional fused rings is 1. The van der Waals surface area contributed by atoms with Crippen molar-refractivity contribution in [3.05, 3.63) is 59.7 Å². The number of nitrogens with zero attached hydrogens (tertiary/aromatic N) is 3. The predicted molar refractivity (Wildman–Crippen MR) is 153 cm³/mol. The van der Waals surface area contributed by atoms with E-state index in [0.717, 1.165) is 36.1 Å². The number of hydrogen-bond donors (Lipinski definition) is 2. The molecule has 9 heteroatoms.